The summed E-state index contributed by atoms with van der Waals surface area (Å²) in [6.07, 6.45) is 2.60. The highest BCUT2D eigenvalue weighted by molar-refractivity contribution is 7.71. The molecule has 0 radical (unpaired) electrons. The zero-order valence-electron chi connectivity index (χ0n) is 10.7. The molecule has 0 fully saturated rings. The molecular formula is C13H16ClN3O2S. The third-order valence-electron chi connectivity index (χ3n) is 3.40. The molecule has 0 unspecified atom stereocenters. The maximum absolute atomic E-state index is 9.55. The van der Waals surface area contributed by atoms with Gasteiger partial charge in [-0.25, -0.2) is 0 Å². The Morgan fingerprint density at radius 2 is 2.30 bits per heavy atom. The Balaban J connectivity index is 0.00000147. The van der Waals surface area contributed by atoms with Crippen molar-refractivity contribution in [2.75, 3.05) is 6.61 Å². The second-order valence-electron chi connectivity index (χ2n) is 4.62. The SMILES string of the molecule is Cl.NCc1c[nH]c(=S)n1[C@@H]1COc2ccc(O)cc2C1. The van der Waals surface area contributed by atoms with E-state index in [4.69, 9.17) is 22.7 Å². The van der Waals surface area contributed by atoms with E-state index >= 15 is 0 Å². The summed E-state index contributed by atoms with van der Waals surface area (Å²) in [6.45, 7) is 0.980. The van der Waals surface area contributed by atoms with Gasteiger partial charge >= 0.3 is 0 Å². The fourth-order valence-corrected chi connectivity index (χ4v) is 2.83. The van der Waals surface area contributed by atoms with Gasteiger partial charge in [-0.1, -0.05) is 0 Å². The molecular weight excluding hydrogens is 298 g/mol. The molecule has 108 valence electrons. The van der Waals surface area contributed by atoms with E-state index in [2.05, 4.69) is 4.98 Å². The van der Waals surface area contributed by atoms with Crippen molar-refractivity contribution in [3.8, 4) is 11.5 Å². The Morgan fingerprint density at radius 3 is 3.05 bits per heavy atom. The molecule has 0 spiro atoms. The van der Waals surface area contributed by atoms with Crippen LogP contribution in [-0.2, 0) is 13.0 Å². The molecule has 0 bridgehead atoms. The standard InChI is InChI=1S/C13H15N3O2S.ClH/c14-5-10-6-15-13(19)16(10)9-3-8-4-11(17)1-2-12(8)18-7-9;/h1-2,4,6,9,17H,3,5,7,14H2,(H,15,19);1H/t9-;/m0./s1. The Bertz CT molecular complexity index is 668. The molecule has 0 saturated heterocycles. The van der Waals surface area contributed by atoms with Crippen LogP contribution >= 0.6 is 24.6 Å². The van der Waals surface area contributed by atoms with Crippen LogP contribution in [0.5, 0.6) is 11.5 Å². The predicted octanol–water partition coefficient (Wildman–Crippen LogP) is 2.31. The summed E-state index contributed by atoms with van der Waals surface area (Å²) in [5.41, 5.74) is 7.67. The minimum Gasteiger partial charge on any atom is -0.508 e. The summed E-state index contributed by atoms with van der Waals surface area (Å²) >= 11 is 5.29. The number of phenols is 1. The average molecular weight is 314 g/mol. The lowest BCUT2D eigenvalue weighted by Gasteiger charge is -2.27. The lowest BCUT2D eigenvalue weighted by molar-refractivity contribution is 0.220. The number of rotatable bonds is 2. The van der Waals surface area contributed by atoms with E-state index in [1.54, 1.807) is 18.2 Å². The van der Waals surface area contributed by atoms with Gasteiger partial charge in [-0.15, -0.1) is 12.4 Å². The van der Waals surface area contributed by atoms with E-state index in [-0.39, 0.29) is 24.2 Å². The van der Waals surface area contributed by atoms with Crippen molar-refractivity contribution in [3.05, 3.63) is 40.4 Å². The number of hydrogen-bond acceptors (Lipinski definition) is 4. The van der Waals surface area contributed by atoms with Crippen LogP contribution in [0.3, 0.4) is 0 Å². The fourth-order valence-electron chi connectivity index (χ4n) is 2.50. The number of benzene rings is 1. The topological polar surface area (TPSA) is 76.2 Å². The number of hydrogen-bond donors (Lipinski definition) is 3. The first-order valence-electron chi connectivity index (χ1n) is 6.12. The summed E-state index contributed by atoms with van der Waals surface area (Å²) in [7, 11) is 0. The van der Waals surface area contributed by atoms with Gasteiger partial charge in [0, 0.05) is 19.2 Å². The lowest BCUT2D eigenvalue weighted by atomic mass is 10.0. The van der Waals surface area contributed by atoms with Crippen molar-refractivity contribution in [2.24, 2.45) is 5.73 Å². The number of aromatic amines is 1. The Morgan fingerprint density at radius 1 is 1.50 bits per heavy atom. The quantitative estimate of drug-likeness (QED) is 0.744. The summed E-state index contributed by atoms with van der Waals surface area (Å²) < 4.78 is 8.39. The fraction of sp³-hybridized carbons (Fsp3) is 0.308. The molecule has 2 heterocycles. The molecule has 5 nitrogen and oxygen atoms in total. The Labute approximate surface area is 127 Å². The van der Waals surface area contributed by atoms with E-state index in [1.807, 2.05) is 10.8 Å². The highest BCUT2D eigenvalue weighted by atomic mass is 35.5. The van der Waals surface area contributed by atoms with Crippen molar-refractivity contribution in [1.82, 2.24) is 9.55 Å². The number of nitrogens with zero attached hydrogens (tertiary/aromatic N) is 1. The number of nitrogens with two attached hydrogens (primary N) is 1. The second-order valence-corrected chi connectivity index (χ2v) is 5.01. The van der Waals surface area contributed by atoms with Gasteiger partial charge in [-0.3, -0.25) is 0 Å². The Hall–Kier alpha value is -1.50. The molecule has 20 heavy (non-hydrogen) atoms. The first kappa shape index (κ1) is 14.9. The summed E-state index contributed by atoms with van der Waals surface area (Å²) in [5.74, 6) is 1.07. The van der Waals surface area contributed by atoms with Gasteiger partial charge in [-0.2, -0.15) is 0 Å². The van der Waals surface area contributed by atoms with Gasteiger partial charge < -0.3 is 25.1 Å². The Kier molecular flexibility index (Phi) is 4.37. The van der Waals surface area contributed by atoms with Crippen molar-refractivity contribution >= 4 is 24.6 Å². The molecule has 7 heteroatoms. The number of aromatic nitrogens is 2. The number of imidazole rings is 1. The normalized spacial score (nSPS) is 16.9. The highest BCUT2D eigenvalue weighted by Crippen LogP contribution is 2.32. The van der Waals surface area contributed by atoms with Crippen LogP contribution in [0.25, 0.3) is 0 Å². The number of nitrogens with one attached hydrogen (secondary N) is 1. The van der Waals surface area contributed by atoms with E-state index in [9.17, 15) is 5.11 Å². The van der Waals surface area contributed by atoms with Gasteiger partial charge in [0.05, 0.1) is 11.7 Å². The van der Waals surface area contributed by atoms with Gasteiger partial charge in [-0.05, 0) is 36.0 Å². The molecule has 1 atom stereocenters. The number of H-pyrrole nitrogens is 1. The van der Waals surface area contributed by atoms with Crippen molar-refractivity contribution < 1.29 is 9.84 Å². The molecule has 3 rings (SSSR count). The van der Waals surface area contributed by atoms with Gasteiger partial charge in [0.2, 0.25) is 0 Å². The first-order valence-corrected chi connectivity index (χ1v) is 6.53. The lowest BCUT2D eigenvalue weighted by Crippen LogP contribution is -2.26. The van der Waals surface area contributed by atoms with Gasteiger partial charge in [0.25, 0.3) is 0 Å². The van der Waals surface area contributed by atoms with Crippen molar-refractivity contribution in [3.63, 3.8) is 0 Å². The van der Waals surface area contributed by atoms with Gasteiger partial charge in [0.15, 0.2) is 4.77 Å². The average Bonchev–Trinajstić information content (AvgIpc) is 2.79. The number of aromatic hydroxyl groups is 1. The molecule has 0 aliphatic carbocycles. The zero-order valence-corrected chi connectivity index (χ0v) is 12.3. The van der Waals surface area contributed by atoms with Gasteiger partial charge in [0.1, 0.15) is 18.1 Å². The minimum absolute atomic E-state index is 0. The maximum Gasteiger partial charge on any atom is 0.177 e. The zero-order chi connectivity index (χ0) is 13.4. The molecule has 0 saturated carbocycles. The molecule has 1 aliphatic rings. The predicted molar refractivity (Wildman–Crippen MR) is 81.1 cm³/mol. The molecule has 1 aliphatic heterocycles. The molecule has 2 aromatic rings. The summed E-state index contributed by atoms with van der Waals surface area (Å²) in [5, 5.41) is 9.55. The second kappa shape index (κ2) is 5.87. The van der Waals surface area contributed by atoms with Crippen LogP contribution in [0.15, 0.2) is 24.4 Å². The monoisotopic (exact) mass is 313 g/mol. The van der Waals surface area contributed by atoms with Crippen molar-refractivity contribution in [1.29, 1.82) is 0 Å². The number of fused-ring (bicyclic) bond motifs is 1. The van der Waals surface area contributed by atoms with Crippen molar-refractivity contribution in [2.45, 2.75) is 19.0 Å². The van der Waals surface area contributed by atoms with Crippen LogP contribution in [0.1, 0.15) is 17.3 Å². The van der Waals surface area contributed by atoms with Crippen LogP contribution in [-0.4, -0.2) is 21.3 Å². The molecule has 0 amide bonds. The maximum atomic E-state index is 9.55. The van der Waals surface area contributed by atoms with Crippen LogP contribution in [0.4, 0.5) is 0 Å². The van der Waals surface area contributed by atoms with E-state index in [1.165, 1.54) is 0 Å². The largest absolute Gasteiger partial charge is 0.508 e. The summed E-state index contributed by atoms with van der Waals surface area (Å²) in [6, 6.07) is 5.26. The highest BCUT2D eigenvalue weighted by Gasteiger charge is 2.23. The number of phenolic OH excluding ortho intramolecular Hbond substituents is 1. The van der Waals surface area contributed by atoms with E-state index in [0.29, 0.717) is 17.9 Å². The van der Waals surface area contributed by atoms with Crippen LogP contribution in [0, 0.1) is 4.77 Å². The van der Waals surface area contributed by atoms with Crippen LogP contribution < -0.4 is 10.5 Å². The summed E-state index contributed by atoms with van der Waals surface area (Å²) in [4.78, 5) is 3.01. The first-order chi connectivity index (χ1) is 9.19. The minimum atomic E-state index is 0. The van der Waals surface area contributed by atoms with E-state index < -0.39 is 0 Å². The molecule has 1 aromatic heterocycles. The van der Waals surface area contributed by atoms with Crippen LogP contribution in [0.2, 0.25) is 0 Å². The number of halogens is 1. The molecule has 1 aromatic carbocycles. The third kappa shape index (κ3) is 2.54. The molecule has 4 N–H and O–H groups in total. The smallest absolute Gasteiger partial charge is 0.177 e. The number of ether oxygens (including phenoxy) is 1. The third-order valence-corrected chi connectivity index (χ3v) is 3.71. The van der Waals surface area contributed by atoms with E-state index in [0.717, 1.165) is 23.4 Å².